The van der Waals surface area contributed by atoms with E-state index < -0.39 is 0 Å². The number of aromatic nitrogens is 4. The second kappa shape index (κ2) is 10.5. The molecule has 4 rings (SSSR count). The minimum absolute atomic E-state index is 0.0449. The van der Waals surface area contributed by atoms with Crippen LogP contribution in [-0.2, 0) is 18.4 Å². The van der Waals surface area contributed by atoms with Gasteiger partial charge < -0.3 is 24.5 Å². The molecule has 0 atom stereocenters. The molecule has 0 amide bonds. The van der Waals surface area contributed by atoms with E-state index in [1.165, 1.54) is 0 Å². The van der Waals surface area contributed by atoms with Crippen molar-refractivity contribution in [1.29, 1.82) is 5.41 Å². The van der Waals surface area contributed by atoms with Gasteiger partial charge in [-0.1, -0.05) is 45.9 Å². The average Bonchev–Trinajstić information content (AvgIpc) is 3.21. The van der Waals surface area contributed by atoms with E-state index in [0.29, 0.717) is 47.1 Å². The van der Waals surface area contributed by atoms with E-state index in [-0.39, 0.29) is 23.1 Å². The standard InChI is InChI=1S/C28H34N6O3/c1-7-22-31-23-25(34(22)8-2)32-27(33-26(23)36-19-12-10-11-18(16-19)35-9-3)37-21-15-17(24(29)30)13-14-20(21)28(4,5)6/h10-16H,7-9H2,1-6H3,(H3,29,30). The maximum absolute atomic E-state index is 7.88. The Morgan fingerprint density at radius 1 is 0.973 bits per heavy atom. The minimum Gasteiger partial charge on any atom is -0.494 e. The van der Waals surface area contributed by atoms with E-state index >= 15 is 0 Å². The van der Waals surface area contributed by atoms with Crippen molar-refractivity contribution in [3.05, 3.63) is 59.4 Å². The van der Waals surface area contributed by atoms with Crippen molar-refractivity contribution >= 4 is 17.0 Å². The quantitative estimate of drug-likeness (QED) is 0.213. The number of nitrogens with one attached hydrogen (secondary N) is 1. The highest BCUT2D eigenvalue weighted by Crippen LogP contribution is 2.36. The van der Waals surface area contributed by atoms with Crippen LogP contribution < -0.4 is 19.9 Å². The fourth-order valence-corrected chi connectivity index (χ4v) is 4.12. The largest absolute Gasteiger partial charge is 0.494 e. The van der Waals surface area contributed by atoms with Gasteiger partial charge in [0.2, 0.25) is 0 Å². The van der Waals surface area contributed by atoms with Gasteiger partial charge in [0.1, 0.15) is 28.9 Å². The van der Waals surface area contributed by atoms with Gasteiger partial charge >= 0.3 is 6.01 Å². The number of imidazole rings is 1. The molecule has 0 aliphatic heterocycles. The molecule has 0 bridgehead atoms. The lowest BCUT2D eigenvalue weighted by molar-refractivity contribution is 0.337. The van der Waals surface area contributed by atoms with Crippen LogP contribution in [0.1, 0.15) is 58.5 Å². The zero-order valence-electron chi connectivity index (χ0n) is 22.3. The molecule has 9 nitrogen and oxygen atoms in total. The molecule has 0 fully saturated rings. The Kier molecular flexibility index (Phi) is 7.33. The Morgan fingerprint density at radius 3 is 2.38 bits per heavy atom. The van der Waals surface area contributed by atoms with Crippen LogP contribution in [0.2, 0.25) is 0 Å². The molecule has 2 heterocycles. The number of nitrogens with two attached hydrogens (primary N) is 1. The van der Waals surface area contributed by atoms with E-state index in [1.54, 1.807) is 6.07 Å². The molecule has 0 saturated carbocycles. The van der Waals surface area contributed by atoms with Crippen molar-refractivity contribution in [2.24, 2.45) is 5.73 Å². The smallest absolute Gasteiger partial charge is 0.327 e. The molecule has 37 heavy (non-hydrogen) atoms. The molecule has 0 spiro atoms. The lowest BCUT2D eigenvalue weighted by atomic mass is 9.85. The summed E-state index contributed by atoms with van der Waals surface area (Å²) in [6.07, 6.45) is 0.731. The van der Waals surface area contributed by atoms with Crippen molar-refractivity contribution < 1.29 is 14.2 Å². The normalized spacial score (nSPS) is 11.5. The van der Waals surface area contributed by atoms with Gasteiger partial charge in [0.25, 0.3) is 5.88 Å². The zero-order valence-corrected chi connectivity index (χ0v) is 22.3. The first-order chi connectivity index (χ1) is 17.6. The van der Waals surface area contributed by atoms with Crippen LogP contribution in [0.3, 0.4) is 0 Å². The van der Waals surface area contributed by atoms with Crippen LogP contribution in [-0.4, -0.2) is 32.0 Å². The topological polar surface area (TPSA) is 121 Å². The van der Waals surface area contributed by atoms with Gasteiger partial charge in [0.15, 0.2) is 11.2 Å². The summed E-state index contributed by atoms with van der Waals surface area (Å²) in [5.41, 5.74) is 8.21. The predicted molar refractivity (Wildman–Crippen MR) is 144 cm³/mol. The fraction of sp³-hybridized carbons (Fsp3) is 0.357. The molecule has 9 heteroatoms. The molecule has 2 aromatic carbocycles. The van der Waals surface area contributed by atoms with E-state index in [1.807, 2.05) is 61.7 Å². The number of aryl methyl sites for hydroxylation is 2. The Hall–Kier alpha value is -4.14. The number of amidine groups is 1. The van der Waals surface area contributed by atoms with Crippen LogP contribution >= 0.6 is 0 Å². The zero-order chi connectivity index (χ0) is 26.7. The summed E-state index contributed by atoms with van der Waals surface area (Å²) in [6, 6.07) is 13.0. The lowest BCUT2D eigenvalue weighted by Crippen LogP contribution is -2.16. The number of nitrogens with zero attached hydrogens (tertiary/aromatic N) is 4. The summed E-state index contributed by atoms with van der Waals surface area (Å²) in [6.45, 7) is 13.5. The minimum atomic E-state index is -0.228. The Morgan fingerprint density at radius 2 is 1.73 bits per heavy atom. The van der Waals surface area contributed by atoms with Crippen molar-refractivity contribution in [2.45, 2.75) is 59.9 Å². The van der Waals surface area contributed by atoms with Crippen LogP contribution in [0.25, 0.3) is 11.2 Å². The highest BCUT2D eigenvalue weighted by Gasteiger charge is 2.23. The number of fused-ring (bicyclic) bond motifs is 1. The first-order valence-electron chi connectivity index (χ1n) is 12.5. The maximum Gasteiger partial charge on any atom is 0.327 e. The summed E-state index contributed by atoms with van der Waals surface area (Å²) < 4.78 is 20.2. The number of ether oxygens (including phenoxy) is 3. The molecule has 0 unspecified atom stereocenters. The summed E-state index contributed by atoms with van der Waals surface area (Å²) in [5, 5.41) is 7.88. The van der Waals surface area contributed by atoms with Crippen molar-refractivity contribution in [1.82, 2.24) is 19.5 Å². The molecule has 0 aliphatic rings. The van der Waals surface area contributed by atoms with Gasteiger partial charge in [-0.3, -0.25) is 5.41 Å². The molecule has 0 aliphatic carbocycles. The van der Waals surface area contributed by atoms with Crippen LogP contribution in [0.15, 0.2) is 42.5 Å². The van der Waals surface area contributed by atoms with Gasteiger partial charge in [-0.15, -0.1) is 0 Å². The molecule has 3 N–H and O–H groups in total. The van der Waals surface area contributed by atoms with E-state index in [4.69, 9.17) is 35.3 Å². The number of hydrogen-bond donors (Lipinski definition) is 2. The summed E-state index contributed by atoms with van der Waals surface area (Å²) in [4.78, 5) is 14.1. The predicted octanol–water partition coefficient (Wildman–Crippen LogP) is 5.97. The maximum atomic E-state index is 7.88. The van der Waals surface area contributed by atoms with Crippen LogP contribution in [0, 0.1) is 5.41 Å². The van der Waals surface area contributed by atoms with Gasteiger partial charge in [-0.25, -0.2) is 4.98 Å². The lowest BCUT2D eigenvalue weighted by Gasteiger charge is -2.23. The van der Waals surface area contributed by atoms with Crippen LogP contribution in [0.4, 0.5) is 0 Å². The van der Waals surface area contributed by atoms with Gasteiger partial charge in [-0.2, -0.15) is 9.97 Å². The van der Waals surface area contributed by atoms with Crippen molar-refractivity contribution in [2.75, 3.05) is 6.61 Å². The Bertz CT molecular complexity index is 1440. The molecular formula is C28H34N6O3. The van der Waals surface area contributed by atoms with E-state index in [0.717, 1.165) is 17.8 Å². The molecule has 4 aromatic rings. The molecule has 2 aromatic heterocycles. The first kappa shape index (κ1) is 25.9. The van der Waals surface area contributed by atoms with Crippen LogP contribution in [0.5, 0.6) is 29.1 Å². The number of benzene rings is 2. The highest BCUT2D eigenvalue weighted by molar-refractivity contribution is 5.95. The van der Waals surface area contributed by atoms with Crippen molar-refractivity contribution in [3.8, 4) is 29.1 Å². The number of hydrogen-bond acceptors (Lipinski definition) is 7. The monoisotopic (exact) mass is 502 g/mol. The third-order valence-electron chi connectivity index (χ3n) is 5.89. The van der Waals surface area contributed by atoms with Gasteiger partial charge in [0.05, 0.1) is 6.61 Å². The number of nitrogen functional groups attached to an aromatic ring is 1. The highest BCUT2D eigenvalue weighted by atomic mass is 16.5. The van der Waals surface area contributed by atoms with Crippen molar-refractivity contribution in [3.63, 3.8) is 0 Å². The SMILES string of the molecule is CCOc1cccc(Oc2nc(Oc3cc(C(=N)N)ccc3C(C)(C)C)nc3c2nc(CC)n3CC)c1. The average molecular weight is 503 g/mol. The third-order valence-corrected chi connectivity index (χ3v) is 5.89. The first-order valence-corrected chi connectivity index (χ1v) is 12.5. The third kappa shape index (κ3) is 5.50. The molecule has 0 radical (unpaired) electrons. The molecule has 194 valence electrons. The Labute approximate surface area is 217 Å². The summed E-state index contributed by atoms with van der Waals surface area (Å²) in [5.74, 6) is 2.92. The second-order valence-corrected chi connectivity index (χ2v) is 9.60. The van der Waals surface area contributed by atoms with Gasteiger partial charge in [-0.05, 0) is 37.5 Å². The molecular weight excluding hydrogens is 468 g/mol. The van der Waals surface area contributed by atoms with Gasteiger partial charge in [0, 0.05) is 30.2 Å². The number of rotatable bonds is 9. The Balaban J connectivity index is 1.86. The summed E-state index contributed by atoms with van der Waals surface area (Å²) >= 11 is 0. The van der Waals surface area contributed by atoms with E-state index in [9.17, 15) is 0 Å². The fourth-order valence-electron chi connectivity index (χ4n) is 4.12. The summed E-state index contributed by atoms with van der Waals surface area (Å²) in [7, 11) is 0. The molecule has 0 saturated heterocycles. The second-order valence-electron chi connectivity index (χ2n) is 9.60. The van der Waals surface area contributed by atoms with E-state index in [2.05, 4.69) is 25.8 Å².